The van der Waals surface area contributed by atoms with Crippen molar-refractivity contribution in [1.82, 2.24) is 25.1 Å². The van der Waals surface area contributed by atoms with Gasteiger partial charge in [-0.25, -0.2) is 9.97 Å². The average molecular weight is 487 g/mol. The maximum atomic E-state index is 4.52. The van der Waals surface area contributed by atoms with Gasteiger partial charge in [-0.05, 0) is 31.4 Å². The summed E-state index contributed by atoms with van der Waals surface area (Å²) in [6.07, 6.45) is 6.21. The van der Waals surface area contributed by atoms with Crippen LogP contribution in [0.5, 0.6) is 0 Å². The number of piperazine rings is 1. The predicted octanol–water partition coefficient (Wildman–Crippen LogP) is 1.91. The summed E-state index contributed by atoms with van der Waals surface area (Å²) in [6.45, 7) is 11.8. The summed E-state index contributed by atoms with van der Waals surface area (Å²) in [6, 6.07) is 2.49. The third-order valence-corrected chi connectivity index (χ3v) is 5.22. The summed E-state index contributed by atoms with van der Waals surface area (Å²) < 4.78 is 0. The van der Waals surface area contributed by atoms with E-state index in [-0.39, 0.29) is 24.0 Å². The number of nitrogens with zero attached hydrogens (tertiary/aromatic N) is 6. The van der Waals surface area contributed by atoms with Crippen LogP contribution in [-0.2, 0) is 0 Å². The molecule has 27 heavy (non-hydrogen) atoms. The highest BCUT2D eigenvalue weighted by molar-refractivity contribution is 14.0. The van der Waals surface area contributed by atoms with Crippen molar-refractivity contribution in [2.45, 2.75) is 32.7 Å². The van der Waals surface area contributed by atoms with Gasteiger partial charge in [0.2, 0.25) is 5.95 Å². The highest BCUT2D eigenvalue weighted by Gasteiger charge is 2.26. The summed E-state index contributed by atoms with van der Waals surface area (Å²) in [4.78, 5) is 20.5. The molecule has 0 aliphatic carbocycles. The molecule has 3 heterocycles. The number of aromatic nitrogens is 2. The number of nitrogens with one attached hydrogen (secondary N) is 1. The molecule has 1 atom stereocenters. The van der Waals surface area contributed by atoms with Gasteiger partial charge in [0.1, 0.15) is 0 Å². The zero-order chi connectivity index (χ0) is 18.4. The normalized spacial score (nSPS) is 21.5. The van der Waals surface area contributed by atoms with E-state index in [1.165, 1.54) is 25.9 Å². The van der Waals surface area contributed by atoms with E-state index in [0.717, 1.165) is 50.5 Å². The first-order valence-corrected chi connectivity index (χ1v) is 9.89. The molecule has 1 N–H and O–H groups in total. The van der Waals surface area contributed by atoms with Crippen molar-refractivity contribution in [2.75, 3.05) is 57.8 Å². The maximum absolute atomic E-state index is 4.52. The van der Waals surface area contributed by atoms with Crippen LogP contribution in [0.2, 0.25) is 0 Å². The highest BCUT2D eigenvalue weighted by Crippen LogP contribution is 2.18. The Labute approximate surface area is 180 Å². The average Bonchev–Trinajstić information content (AvgIpc) is 3.10. The van der Waals surface area contributed by atoms with Crippen molar-refractivity contribution in [1.29, 1.82) is 0 Å². The second kappa shape index (κ2) is 11.0. The van der Waals surface area contributed by atoms with E-state index in [4.69, 9.17) is 0 Å². The fraction of sp³-hybridized carbons (Fsp3) is 0.737. The first-order valence-electron chi connectivity index (χ1n) is 9.89. The Morgan fingerprint density at radius 3 is 2.52 bits per heavy atom. The van der Waals surface area contributed by atoms with E-state index in [9.17, 15) is 0 Å². The van der Waals surface area contributed by atoms with Gasteiger partial charge in [-0.15, -0.1) is 24.0 Å². The Morgan fingerprint density at radius 1 is 1.19 bits per heavy atom. The lowest BCUT2D eigenvalue weighted by molar-refractivity contribution is 0.225. The molecule has 0 unspecified atom stereocenters. The molecule has 1 aromatic heterocycles. The van der Waals surface area contributed by atoms with Crippen molar-refractivity contribution < 1.29 is 0 Å². The van der Waals surface area contributed by atoms with Crippen molar-refractivity contribution in [2.24, 2.45) is 10.9 Å². The molecule has 152 valence electrons. The fourth-order valence-electron chi connectivity index (χ4n) is 3.95. The van der Waals surface area contributed by atoms with Gasteiger partial charge in [-0.1, -0.05) is 13.8 Å². The Kier molecular flexibility index (Phi) is 9.01. The minimum atomic E-state index is 0. The lowest BCUT2D eigenvalue weighted by Crippen LogP contribution is -2.54. The van der Waals surface area contributed by atoms with Crippen LogP contribution in [0.4, 0.5) is 5.95 Å². The standard InChI is InChI=1S/C19H33N7.HI/c1-16(2)15-26-9-4-6-17(26)14-23-18(20-3)24-10-12-25(13-11-24)19-21-7-5-8-22-19;/h5,7-8,16-17H,4,6,9-15H2,1-3H3,(H,20,23);1H/t17-;/m1./s1. The van der Waals surface area contributed by atoms with Crippen molar-refractivity contribution in [3.05, 3.63) is 18.5 Å². The molecule has 0 saturated carbocycles. The molecule has 1 aromatic rings. The molecule has 3 rings (SSSR count). The third-order valence-electron chi connectivity index (χ3n) is 5.22. The zero-order valence-corrected chi connectivity index (χ0v) is 19.2. The molecule has 0 aromatic carbocycles. The smallest absolute Gasteiger partial charge is 0.225 e. The Bertz CT molecular complexity index is 573. The van der Waals surface area contributed by atoms with Crippen LogP contribution in [0.15, 0.2) is 23.5 Å². The summed E-state index contributed by atoms with van der Waals surface area (Å²) in [5.41, 5.74) is 0. The molecule has 2 fully saturated rings. The molecule has 8 heteroatoms. The molecular weight excluding hydrogens is 453 g/mol. The minimum absolute atomic E-state index is 0. The molecular formula is C19H34IN7. The van der Waals surface area contributed by atoms with E-state index >= 15 is 0 Å². The monoisotopic (exact) mass is 487 g/mol. The number of likely N-dealkylation sites (tertiary alicyclic amines) is 1. The minimum Gasteiger partial charge on any atom is -0.355 e. The number of hydrogen-bond donors (Lipinski definition) is 1. The van der Waals surface area contributed by atoms with Crippen LogP contribution in [0.3, 0.4) is 0 Å². The lowest BCUT2D eigenvalue weighted by Gasteiger charge is -2.37. The quantitative estimate of drug-likeness (QED) is 0.389. The lowest BCUT2D eigenvalue weighted by atomic mass is 10.1. The Balaban J connectivity index is 0.00000261. The Hall–Kier alpha value is -1.16. The number of hydrogen-bond acceptors (Lipinski definition) is 5. The topological polar surface area (TPSA) is 59.9 Å². The first kappa shape index (κ1) is 22.1. The van der Waals surface area contributed by atoms with Gasteiger partial charge in [-0.2, -0.15) is 0 Å². The van der Waals surface area contributed by atoms with Crippen LogP contribution < -0.4 is 10.2 Å². The highest BCUT2D eigenvalue weighted by atomic mass is 127. The van der Waals surface area contributed by atoms with Gasteiger partial charge in [-0.3, -0.25) is 9.89 Å². The molecule has 7 nitrogen and oxygen atoms in total. The number of halogens is 1. The van der Waals surface area contributed by atoms with Gasteiger partial charge >= 0.3 is 0 Å². The SMILES string of the molecule is CN=C(NC[C@H]1CCCN1CC(C)C)N1CCN(c2ncccn2)CC1.I. The van der Waals surface area contributed by atoms with Crippen LogP contribution in [0, 0.1) is 5.92 Å². The number of guanidine groups is 1. The molecule has 2 aliphatic heterocycles. The second-order valence-electron chi connectivity index (χ2n) is 7.64. The molecule has 0 spiro atoms. The molecule has 0 amide bonds. The summed E-state index contributed by atoms with van der Waals surface area (Å²) in [5.74, 6) is 2.57. The molecule has 2 saturated heterocycles. The van der Waals surface area contributed by atoms with E-state index in [1.807, 2.05) is 13.1 Å². The van der Waals surface area contributed by atoms with Crippen LogP contribution >= 0.6 is 24.0 Å². The van der Waals surface area contributed by atoms with Gasteiger partial charge in [0.25, 0.3) is 0 Å². The summed E-state index contributed by atoms with van der Waals surface area (Å²) in [7, 11) is 1.88. The van der Waals surface area contributed by atoms with Crippen molar-refractivity contribution in [3.63, 3.8) is 0 Å². The van der Waals surface area contributed by atoms with Crippen LogP contribution in [-0.4, -0.2) is 84.6 Å². The summed E-state index contributed by atoms with van der Waals surface area (Å²) >= 11 is 0. The number of anilines is 1. The largest absolute Gasteiger partial charge is 0.355 e. The van der Waals surface area contributed by atoms with Gasteiger partial charge in [0.15, 0.2) is 5.96 Å². The van der Waals surface area contributed by atoms with Gasteiger partial charge in [0.05, 0.1) is 0 Å². The van der Waals surface area contributed by atoms with E-state index < -0.39 is 0 Å². The molecule has 0 bridgehead atoms. The molecule has 0 radical (unpaired) electrons. The van der Waals surface area contributed by atoms with E-state index in [2.05, 4.69) is 48.8 Å². The van der Waals surface area contributed by atoms with Gasteiger partial charge in [0, 0.05) is 64.8 Å². The predicted molar refractivity (Wildman–Crippen MR) is 122 cm³/mol. The summed E-state index contributed by atoms with van der Waals surface area (Å²) in [5, 5.41) is 3.62. The Morgan fingerprint density at radius 2 is 1.89 bits per heavy atom. The number of rotatable bonds is 5. The van der Waals surface area contributed by atoms with Crippen LogP contribution in [0.25, 0.3) is 0 Å². The van der Waals surface area contributed by atoms with E-state index in [1.54, 1.807) is 12.4 Å². The third kappa shape index (κ3) is 6.17. The van der Waals surface area contributed by atoms with Gasteiger partial charge < -0.3 is 15.1 Å². The van der Waals surface area contributed by atoms with Crippen LogP contribution in [0.1, 0.15) is 26.7 Å². The molecule has 2 aliphatic rings. The maximum Gasteiger partial charge on any atom is 0.225 e. The van der Waals surface area contributed by atoms with E-state index in [0.29, 0.717) is 6.04 Å². The van der Waals surface area contributed by atoms with Crippen molar-refractivity contribution >= 4 is 35.9 Å². The second-order valence-corrected chi connectivity index (χ2v) is 7.64. The fourth-order valence-corrected chi connectivity index (χ4v) is 3.95. The van der Waals surface area contributed by atoms with Crippen molar-refractivity contribution in [3.8, 4) is 0 Å². The number of aliphatic imine (C=N–C) groups is 1. The zero-order valence-electron chi connectivity index (χ0n) is 16.8. The first-order chi connectivity index (χ1) is 12.7.